The van der Waals surface area contributed by atoms with Gasteiger partial charge in [-0.2, -0.15) is 0 Å². The molecule has 1 aromatic heterocycles. The number of amides is 1. The third-order valence-corrected chi connectivity index (χ3v) is 3.57. The van der Waals surface area contributed by atoms with Crippen LogP contribution in [0.5, 0.6) is 0 Å². The molecule has 0 N–H and O–H groups in total. The highest BCUT2D eigenvalue weighted by atomic mass is 16.2. The molecule has 1 saturated heterocycles. The number of likely N-dealkylation sites (tertiary alicyclic amines) is 1. The summed E-state index contributed by atoms with van der Waals surface area (Å²) in [5, 5.41) is 0. The predicted molar refractivity (Wildman–Crippen MR) is 72.6 cm³/mol. The number of ketones is 1. The zero-order chi connectivity index (χ0) is 13.9. The highest BCUT2D eigenvalue weighted by molar-refractivity contribution is 5.91. The molecule has 2 heterocycles. The van der Waals surface area contributed by atoms with E-state index in [1.165, 1.54) is 0 Å². The minimum Gasteiger partial charge on any atom is -0.330 e. The Balaban J connectivity index is 1.83. The number of hydrogen-bond donors (Lipinski definition) is 0. The minimum absolute atomic E-state index is 0.0831. The molecule has 0 bridgehead atoms. The van der Waals surface area contributed by atoms with E-state index in [1.54, 1.807) is 11.1 Å². The van der Waals surface area contributed by atoms with Crippen molar-refractivity contribution in [2.45, 2.75) is 45.1 Å². The zero-order valence-corrected chi connectivity index (χ0v) is 11.6. The summed E-state index contributed by atoms with van der Waals surface area (Å²) in [6.07, 6.45) is 6.18. The topological polar surface area (TPSA) is 50.3 Å². The number of carbonyl (C=O) groups excluding carboxylic acids is 2. The van der Waals surface area contributed by atoms with Crippen LogP contribution in [0.25, 0.3) is 0 Å². The van der Waals surface area contributed by atoms with E-state index in [0.717, 1.165) is 18.4 Å². The molecule has 0 aromatic carbocycles. The molecule has 1 aliphatic rings. The fraction of sp³-hybridized carbons (Fsp3) is 0.533. The minimum atomic E-state index is -0.317. The molecule has 1 aromatic rings. The Labute approximate surface area is 113 Å². The molecule has 0 aliphatic carbocycles. The van der Waals surface area contributed by atoms with E-state index >= 15 is 0 Å². The summed E-state index contributed by atoms with van der Waals surface area (Å²) >= 11 is 0. The first-order chi connectivity index (χ1) is 8.99. The van der Waals surface area contributed by atoms with E-state index in [2.05, 4.69) is 4.98 Å². The summed E-state index contributed by atoms with van der Waals surface area (Å²) in [4.78, 5) is 29.4. The molecule has 1 aliphatic heterocycles. The summed E-state index contributed by atoms with van der Waals surface area (Å²) in [7, 11) is 0. The summed E-state index contributed by atoms with van der Waals surface area (Å²) in [6.45, 7) is 4.19. The van der Waals surface area contributed by atoms with E-state index in [4.69, 9.17) is 0 Å². The fourth-order valence-corrected chi connectivity index (χ4v) is 2.57. The second kappa shape index (κ2) is 5.51. The van der Waals surface area contributed by atoms with E-state index in [0.29, 0.717) is 12.8 Å². The molecule has 1 amide bonds. The first kappa shape index (κ1) is 13.7. The second-order valence-electron chi connectivity index (χ2n) is 5.72. The van der Waals surface area contributed by atoms with Crippen molar-refractivity contribution in [3.8, 4) is 0 Å². The summed E-state index contributed by atoms with van der Waals surface area (Å²) in [6, 6.07) is 3.92. The lowest BCUT2D eigenvalue weighted by Gasteiger charge is -2.30. The Hall–Kier alpha value is -1.71. The van der Waals surface area contributed by atoms with Crippen molar-refractivity contribution in [1.29, 1.82) is 0 Å². The number of rotatable bonds is 4. The molecule has 0 atom stereocenters. The molecule has 102 valence electrons. The van der Waals surface area contributed by atoms with Crippen LogP contribution < -0.4 is 0 Å². The summed E-state index contributed by atoms with van der Waals surface area (Å²) in [5.41, 5.74) is 0.828. The van der Waals surface area contributed by atoms with Crippen LogP contribution in [0.1, 0.15) is 38.7 Å². The van der Waals surface area contributed by atoms with E-state index in [-0.39, 0.29) is 23.8 Å². The molecule has 1 fully saturated rings. The quantitative estimate of drug-likeness (QED) is 0.831. The van der Waals surface area contributed by atoms with E-state index in [9.17, 15) is 9.59 Å². The molecule has 4 nitrogen and oxygen atoms in total. The van der Waals surface area contributed by atoms with Crippen LogP contribution in [0, 0.1) is 0 Å². The van der Waals surface area contributed by atoms with E-state index in [1.807, 2.05) is 32.2 Å². The molecular weight excluding hydrogens is 240 g/mol. The average Bonchev–Trinajstić information content (AvgIpc) is 2.64. The van der Waals surface area contributed by atoms with Crippen LogP contribution >= 0.6 is 0 Å². The maximum Gasteiger partial charge on any atom is 0.223 e. The van der Waals surface area contributed by atoms with Gasteiger partial charge in [0.2, 0.25) is 5.91 Å². The van der Waals surface area contributed by atoms with Crippen molar-refractivity contribution in [1.82, 2.24) is 9.88 Å². The number of hydrogen-bond acceptors (Lipinski definition) is 3. The maximum absolute atomic E-state index is 12.2. The molecular formula is C15H20N2O2. The molecule has 19 heavy (non-hydrogen) atoms. The van der Waals surface area contributed by atoms with E-state index < -0.39 is 0 Å². The van der Waals surface area contributed by atoms with Crippen LogP contribution in [0.4, 0.5) is 0 Å². The second-order valence-corrected chi connectivity index (χ2v) is 5.72. The van der Waals surface area contributed by atoms with Gasteiger partial charge in [0.15, 0.2) is 5.78 Å². The lowest BCUT2D eigenvalue weighted by molar-refractivity contribution is -0.135. The number of pyridine rings is 1. The van der Waals surface area contributed by atoms with Crippen LogP contribution in [-0.4, -0.2) is 33.7 Å². The van der Waals surface area contributed by atoms with Crippen molar-refractivity contribution in [2.75, 3.05) is 6.54 Å². The number of aryl methyl sites for hydroxylation is 1. The average molecular weight is 260 g/mol. The zero-order valence-electron chi connectivity index (χ0n) is 11.6. The highest BCUT2D eigenvalue weighted by Crippen LogP contribution is 2.27. The normalized spacial score (nSPS) is 17.8. The SMILES string of the molecule is CC1(C)CC(=O)CN1C(=O)CCCc1cccnc1. The van der Waals surface area contributed by atoms with Gasteiger partial charge < -0.3 is 4.90 Å². The Bertz CT molecular complexity index is 468. The van der Waals surface area contributed by atoms with Crippen molar-refractivity contribution in [3.63, 3.8) is 0 Å². The van der Waals surface area contributed by atoms with Gasteiger partial charge in [0.1, 0.15) is 0 Å². The first-order valence-electron chi connectivity index (χ1n) is 6.70. The van der Waals surface area contributed by atoms with Gasteiger partial charge in [-0.1, -0.05) is 6.07 Å². The van der Waals surface area contributed by atoms with Gasteiger partial charge >= 0.3 is 0 Å². The van der Waals surface area contributed by atoms with Crippen LogP contribution in [0.2, 0.25) is 0 Å². The largest absolute Gasteiger partial charge is 0.330 e. The van der Waals surface area contributed by atoms with Gasteiger partial charge in [-0.05, 0) is 38.3 Å². The molecule has 0 radical (unpaired) electrons. The van der Waals surface area contributed by atoms with Gasteiger partial charge in [0, 0.05) is 30.8 Å². The van der Waals surface area contributed by atoms with Crippen molar-refractivity contribution < 1.29 is 9.59 Å². The number of carbonyl (C=O) groups is 2. The third kappa shape index (κ3) is 3.40. The predicted octanol–water partition coefficient (Wildman–Crippen LogP) is 1.98. The van der Waals surface area contributed by atoms with Gasteiger partial charge in [-0.3, -0.25) is 14.6 Å². The Kier molecular flexibility index (Phi) is 3.98. The van der Waals surface area contributed by atoms with Crippen molar-refractivity contribution >= 4 is 11.7 Å². The molecule has 2 rings (SSSR count). The first-order valence-corrected chi connectivity index (χ1v) is 6.70. The molecule has 0 spiro atoms. The highest BCUT2D eigenvalue weighted by Gasteiger charge is 2.39. The lowest BCUT2D eigenvalue weighted by Crippen LogP contribution is -2.42. The lowest BCUT2D eigenvalue weighted by atomic mass is 10.0. The van der Waals surface area contributed by atoms with Crippen LogP contribution in [-0.2, 0) is 16.0 Å². The Morgan fingerprint density at radius 3 is 2.84 bits per heavy atom. The fourth-order valence-electron chi connectivity index (χ4n) is 2.57. The third-order valence-electron chi connectivity index (χ3n) is 3.57. The molecule has 4 heteroatoms. The van der Waals surface area contributed by atoms with Crippen molar-refractivity contribution in [3.05, 3.63) is 30.1 Å². The number of nitrogens with zero attached hydrogens (tertiary/aromatic N) is 2. The van der Waals surface area contributed by atoms with Gasteiger partial charge in [0.25, 0.3) is 0 Å². The standard InChI is InChI=1S/C15H20N2O2/c1-15(2)9-13(18)11-17(15)14(19)7-3-5-12-6-4-8-16-10-12/h4,6,8,10H,3,5,7,9,11H2,1-2H3. The van der Waals surface area contributed by atoms with Gasteiger partial charge in [-0.25, -0.2) is 0 Å². The maximum atomic E-state index is 12.2. The molecule has 0 unspecified atom stereocenters. The summed E-state index contributed by atoms with van der Waals surface area (Å²) < 4.78 is 0. The number of aromatic nitrogens is 1. The van der Waals surface area contributed by atoms with Gasteiger partial charge in [-0.15, -0.1) is 0 Å². The Morgan fingerprint density at radius 2 is 2.26 bits per heavy atom. The summed E-state index contributed by atoms with van der Waals surface area (Å²) in [5.74, 6) is 0.241. The smallest absolute Gasteiger partial charge is 0.223 e. The van der Waals surface area contributed by atoms with Crippen molar-refractivity contribution in [2.24, 2.45) is 0 Å². The number of Topliss-reactive ketones (excluding diaryl/α,β-unsaturated/α-hetero) is 1. The van der Waals surface area contributed by atoms with Crippen LogP contribution in [0.15, 0.2) is 24.5 Å². The van der Waals surface area contributed by atoms with Crippen LogP contribution in [0.3, 0.4) is 0 Å². The Morgan fingerprint density at radius 1 is 1.47 bits per heavy atom. The molecule has 0 saturated carbocycles. The van der Waals surface area contributed by atoms with Gasteiger partial charge in [0.05, 0.1) is 6.54 Å². The monoisotopic (exact) mass is 260 g/mol.